The van der Waals surface area contributed by atoms with E-state index >= 15 is 0 Å². The molecule has 1 saturated carbocycles. The second-order valence-corrected chi connectivity index (χ2v) is 10.8. The molecule has 1 unspecified atom stereocenters. The molecule has 0 aromatic rings. The third kappa shape index (κ3) is 6.93. The summed E-state index contributed by atoms with van der Waals surface area (Å²) in [7, 11) is -3.19. The van der Waals surface area contributed by atoms with Crippen LogP contribution >= 0.6 is 0 Å². The maximum atomic E-state index is 12.4. The Morgan fingerprint density at radius 3 is 2.48 bits per heavy atom. The molecule has 2 aliphatic rings. The van der Waals surface area contributed by atoms with Gasteiger partial charge in [-0.2, -0.15) is 0 Å². The van der Waals surface area contributed by atoms with E-state index < -0.39 is 14.6 Å². The fourth-order valence-corrected chi connectivity index (χ4v) is 5.41. The number of nitrogens with zero attached hydrogens (tertiary/aromatic N) is 1. The summed E-state index contributed by atoms with van der Waals surface area (Å²) < 4.78 is 29.4. The van der Waals surface area contributed by atoms with Crippen molar-refractivity contribution in [1.82, 2.24) is 10.6 Å². The molecule has 2 fully saturated rings. The number of hydrogen-bond donors (Lipinski definition) is 2. The molecule has 0 aromatic heterocycles. The predicted octanol–water partition coefficient (Wildman–Crippen LogP) is 2.88. The summed E-state index contributed by atoms with van der Waals surface area (Å²) in [5, 5.41) is 6.75. The zero-order valence-electron chi connectivity index (χ0n) is 17.4. The van der Waals surface area contributed by atoms with E-state index in [1.165, 1.54) is 44.8 Å². The van der Waals surface area contributed by atoms with Gasteiger partial charge in [-0.1, -0.05) is 32.1 Å². The lowest BCUT2D eigenvalue weighted by Crippen LogP contribution is -2.48. The van der Waals surface area contributed by atoms with Gasteiger partial charge in [0.25, 0.3) is 0 Å². The van der Waals surface area contributed by atoms with Crippen molar-refractivity contribution in [1.29, 1.82) is 0 Å². The molecule has 1 heterocycles. The van der Waals surface area contributed by atoms with Crippen molar-refractivity contribution < 1.29 is 13.2 Å². The molecule has 1 aliphatic heterocycles. The Morgan fingerprint density at radius 2 is 1.89 bits per heavy atom. The largest absolute Gasteiger partial charge is 0.381 e. The lowest BCUT2D eigenvalue weighted by Gasteiger charge is -2.34. The van der Waals surface area contributed by atoms with E-state index in [9.17, 15) is 8.42 Å². The summed E-state index contributed by atoms with van der Waals surface area (Å²) in [6.07, 6.45) is 11.7. The van der Waals surface area contributed by atoms with Gasteiger partial charge in [0.15, 0.2) is 15.8 Å². The third-order valence-electron chi connectivity index (χ3n) is 6.18. The molecule has 0 amide bonds. The zero-order valence-corrected chi connectivity index (χ0v) is 18.2. The first-order valence-corrected chi connectivity index (χ1v) is 12.6. The van der Waals surface area contributed by atoms with Crippen LogP contribution in [0.2, 0.25) is 0 Å². The standard InChI is InChI=1S/C20H39N3O3S/c1-4-21-19(23-17(2)10-11-18-8-6-5-7-9-18)22-16-20(27(3,24)25)12-14-26-15-13-20/h17-18H,4-16H2,1-3H3,(H2,21,22,23). The molecule has 2 N–H and O–H groups in total. The van der Waals surface area contributed by atoms with Gasteiger partial charge in [0.1, 0.15) is 0 Å². The highest BCUT2D eigenvalue weighted by atomic mass is 32.2. The van der Waals surface area contributed by atoms with Crippen LogP contribution < -0.4 is 10.6 Å². The van der Waals surface area contributed by atoms with Gasteiger partial charge in [-0.25, -0.2) is 8.42 Å². The second kappa shape index (κ2) is 10.6. The first kappa shape index (κ1) is 22.5. The number of ether oxygens (including phenoxy) is 1. The van der Waals surface area contributed by atoms with Gasteiger partial charge < -0.3 is 15.4 Å². The van der Waals surface area contributed by atoms with Crippen molar-refractivity contribution in [2.24, 2.45) is 10.9 Å². The van der Waals surface area contributed by atoms with E-state index in [-0.39, 0.29) is 0 Å². The Morgan fingerprint density at radius 1 is 1.22 bits per heavy atom. The Labute approximate surface area is 165 Å². The number of rotatable bonds is 8. The average Bonchev–Trinajstić information content (AvgIpc) is 2.65. The van der Waals surface area contributed by atoms with Gasteiger partial charge in [0.05, 0.1) is 11.3 Å². The second-order valence-electron chi connectivity index (χ2n) is 8.39. The van der Waals surface area contributed by atoms with Crippen LogP contribution in [0.15, 0.2) is 4.99 Å². The minimum atomic E-state index is -3.19. The van der Waals surface area contributed by atoms with Gasteiger partial charge in [-0.15, -0.1) is 0 Å². The number of hydrogen-bond acceptors (Lipinski definition) is 4. The zero-order chi connectivity index (χ0) is 19.8. The summed E-state index contributed by atoms with van der Waals surface area (Å²) in [6, 6.07) is 0.327. The minimum Gasteiger partial charge on any atom is -0.381 e. The quantitative estimate of drug-likeness (QED) is 0.483. The summed E-state index contributed by atoms with van der Waals surface area (Å²) >= 11 is 0. The summed E-state index contributed by atoms with van der Waals surface area (Å²) in [5.41, 5.74) is 0. The number of nitrogens with one attached hydrogen (secondary N) is 2. The Hall–Kier alpha value is -0.820. The molecule has 1 atom stereocenters. The molecular formula is C20H39N3O3S. The molecule has 6 nitrogen and oxygen atoms in total. The van der Waals surface area contributed by atoms with Crippen molar-refractivity contribution >= 4 is 15.8 Å². The molecule has 1 aliphatic carbocycles. The van der Waals surface area contributed by atoms with E-state index in [0.717, 1.165) is 24.8 Å². The average molecular weight is 402 g/mol. The fraction of sp³-hybridized carbons (Fsp3) is 0.950. The van der Waals surface area contributed by atoms with Crippen LogP contribution in [0.5, 0.6) is 0 Å². The summed E-state index contributed by atoms with van der Waals surface area (Å²) in [5.74, 6) is 1.60. The molecular weight excluding hydrogens is 362 g/mol. The smallest absolute Gasteiger partial charge is 0.191 e. The van der Waals surface area contributed by atoms with Gasteiger partial charge in [0, 0.05) is 32.1 Å². The molecule has 0 radical (unpaired) electrons. The number of sulfone groups is 1. The highest BCUT2D eigenvalue weighted by Gasteiger charge is 2.42. The predicted molar refractivity (Wildman–Crippen MR) is 112 cm³/mol. The van der Waals surface area contributed by atoms with Crippen LogP contribution in [0.3, 0.4) is 0 Å². The molecule has 158 valence electrons. The van der Waals surface area contributed by atoms with E-state index in [1.54, 1.807) is 0 Å². The summed E-state index contributed by atoms with van der Waals surface area (Å²) in [6.45, 7) is 6.26. The van der Waals surface area contributed by atoms with Gasteiger partial charge in [0.2, 0.25) is 0 Å². The SMILES string of the molecule is CCNC(=NCC1(S(C)(=O)=O)CCOCC1)NC(C)CCC1CCCCC1. The highest BCUT2D eigenvalue weighted by molar-refractivity contribution is 7.92. The first-order valence-electron chi connectivity index (χ1n) is 10.7. The van der Waals surface area contributed by atoms with Crippen LogP contribution in [-0.4, -0.2) is 57.7 Å². The van der Waals surface area contributed by atoms with Crippen LogP contribution in [-0.2, 0) is 14.6 Å². The molecule has 27 heavy (non-hydrogen) atoms. The summed E-state index contributed by atoms with van der Waals surface area (Å²) in [4.78, 5) is 4.67. The van der Waals surface area contributed by atoms with Crippen LogP contribution in [0.1, 0.15) is 71.6 Å². The van der Waals surface area contributed by atoms with Crippen LogP contribution in [0.25, 0.3) is 0 Å². The molecule has 0 aromatic carbocycles. The monoisotopic (exact) mass is 401 g/mol. The lowest BCUT2D eigenvalue weighted by atomic mass is 9.85. The van der Waals surface area contributed by atoms with Crippen molar-refractivity contribution in [2.75, 3.05) is 32.6 Å². The van der Waals surface area contributed by atoms with Crippen LogP contribution in [0.4, 0.5) is 0 Å². The van der Waals surface area contributed by atoms with Crippen molar-refractivity contribution in [3.05, 3.63) is 0 Å². The fourth-order valence-electron chi connectivity index (χ4n) is 4.20. The topological polar surface area (TPSA) is 79.8 Å². The molecule has 0 spiro atoms. The van der Waals surface area contributed by atoms with E-state index in [4.69, 9.17) is 4.74 Å². The Balaban J connectivity index is 1.93. The van der Waals surface area contributed by atoms with Crippen LogP contribution in [0, 0.1) is 5.92 Å². The Bertz CT molecular complexity index is 565. The molecule has 1 saturated heterocycles. The molecule has 2 rings (SSSR count). The third-order valence-corrected chi connectivity index (χ3v) is 8.29. The van der Waals surface area contributed by atoms with Crippen molar-refractivity contribution in [3.63, 3.8) is 0 Å². The maximum absolute atomic E-state index is 12.4. The first-order chi connectivity index (χ1) is 12.9. The molecule has 7 heteroatoms. The maximum Gasteiger partial charge on any atom is 0.191 e. The van der Waals surface area contributed by atoms with E-state index in [1.807, 2.05) is 6.92 Å². The van der Waals surface area contributed by atoms with E-state index in [2.05, 4.69) is 22.5 Å². The van der Waals surface area contributed by atoms with Crippen molar-refractivity contribution in [2.45, 2.75) is 82.4 Å². The lowest BCUT2D eigenvalue weighted by molar-refractivity contribution is 0.0768. The van der Waals surface area contributed by atoms with Gasteiger partial charge >= 0.3 is 0 Å². The molecule has 0 bridgehead atoms. The van der Waals surface area contributed by atoms with Gasteiger partial charge in [-0.05, 0) is 45.4 Å². The van der Waals surface area contributed by atoms with Gasteiger partial charge in [-0.3, -0.25) is 4.99 Å². The minimum absolute atomic E-state index is 0.292. The number of aliphatic imine (C=N–C) groups is 1. The van der Waals surface area contributed by atoms with E-state index in [0.29, 0.717) is 38.6 Å². The Kier molecular flexibility index (Phi) is 8.86. The van der Waals surface area contributed by atoms with Crippen molar-refractivity contribution in [3.8, 4) is 0 Å². The normalized spacial score (nSPS) is 23.0. The highest BCUT2D eigenvalue weighted by Crippen LogP contribution is 2.30. The number of guanidine groups is 1.